The lowest BCUT2D eigenvalue weighted by Gasteiger charge is -2.32. The maximum absolute atomic E-state index is 10.2. The summed E-state index contributed by atoms with van der Waals surface area (Å²) in [4.78, 5) is 17.6. The van der Waals surface area contributed by atoms with Crippen LogP contribution in [0.25, 0.3) is 10.2 Å². The summed E-state index contributed by atoms with van der Waals surface area (Å²) < 4.78 is 0. The van der Waals surface area contributed by atoms with Crippen molar-refractivity contribution in [2.24, 2.45) is 5.92 Å². The van der Waals surface area contributed by atoms with E-state index in [9.17, 15) is 5.11 Å². The number of aromatic nitrogens is 2. The van der Waals surface area contributed by atoms with E-state index in [0.717, 1.165) is 63.0 Å². The van der Waals surface area contributed by atoms with Crippen LogP contribution in [-0.2, 0) is 19.4 Å². The lowest BCUT2D eigenvalue weighted by Crippen LogP contribution is -2.39. The van der Waals surface area contributed by atoms with E-state index in [1.807, 2.05) is 11.3 Å². The van der Waals surface area contributed by atoms with Crippen molar-refractivity contribution in [1.82, 2.24) is 14.9 Å². The van der Waals surface area contributed by atoms with Crippen molar-refractivity contribution in [2.75, 3.05) is 31.1 Å². The first-order chi connectivity index (χ1) is 13.2. The summed E-state index contributed by atoms with van der Waals surface area (Å²) in [7, 11) is 0. The van der Waals surface area contributed by atoms with Crippen molar-refractivity contribution in [3.05, 3.63) is 16.3 Å². The molecule has 2 saturated heterocycles. The minimum Gasteiger partial charge on any atom is -0.391 e. The van der Waals surface area contributed by atoms with Crippen LogP contribution < -0.4 is 4.90 Å². The van der Waals surface area contributed by atoms with Crippen molar-refractivity contribution < 1.29 is 5.11 Å². The number of hydrogen-bond donors (Lipinski definition) is 1. The molecule has 0 unspecified atom stereocenters. The summed E-state index contributed by atoms with van der Waals surface area (Å²) >= 11 is 1.88. The zero-order valence-electron chi connectivity index (χ0n) is 16.3. The second-order valence-corrected chi connectivity index (χ2v) is 9.79. The first-order valence-electron chi connectivity index (χ1n) is 10.6. The number of anilines is 1. The number of aliphatic hydroxyl groups excluding tert-OH is 1. The standard InChI is InChI=1S/C21H30N4OS/c1-14-7-10-24(11-8-14)13-18-22-20(25-9-3-4-15(26)12-25)19-16-5-2-6-17(16)27-21(19)23-18/h14-15,26H,2-13H2,1H3/t15-/m0/s1. The van der Waals surface area contributed by atoms with Crippen LogP contribution in [0, 0.1) is 5.92 Å². The monoisotopic (exact) mass is 386 g/mol. The molecule has 27 heavy (non-hydrogen) atoms. The SMILES string of the molecule is CC1CCN(Cc2nc(N3CCC[C@H](O)C3)c3c4c(sc3n2)CCC4)CC1. The summed E-state index contributed by atoms with van der Waals surface area (Å²) in [5, 5.41) is 11.5. The molecule has 1 N–H and O–H groups in total. The van der Waals surface area contributed by atoms with Crippen molar-refractivity contribution in [2.45, 2.75) is 64.5 Å². The Bertz CT molecular complexity index is 827. The summed E-state index contributed by atoms with van der Waals surface area (Å²) in [6.07, 6.45) is 7.88. The van der Waals surface area contributed by atoms with E-state index in [4.69, 9.17) is 9.97 Å². The Balaban J connectivity index is 1.51. The number of β-amino-alcohol motifs (C(OH)–C–C–N with tert-alkyl or cyclic N) is 1. The molecule has 2 fully saturated rings. The van der Waals surface area contributed by atoms with Gasteiger partial charge in [0.1, 0.15) is 16.5 Å². The highest BCUT2D eigenvalue weighted by Crippen LogP contribution is 2.41. The van der Waals surface area contributed by atoms with Gasteiger partial charge in [0, 0.05) is 18.0 Å². The van der Waals surface area contributed by atoms with Gasteiger partial charge in [-0.2, -0.15) is 0 Å². The number of rotatable bonds is 3. The Morgan fingerprint density at radius 3 is 2.74 bits per heavy atom. The molecule has 146 valence electrons. The third-order valence-corrected chi connectivity index (χ3v) is 7.71. The normalized spacial score (nSPS) is 24.7. The van der Waals surface area contributed by atoms with Gasteiger partial charge in [-0.05, 0) is 69.5 Å². The Hall–Kier alpha value is -1.24. The number of thiophene rings is 1. The molecular formula is C21H30N4OS. The largest absolute Gasteiger partial charge is 0.391 e. The lowest BCUT2D eigenvalue weighted by atomic mass is 9.99. The fraction of sp³-hybridized carbons (Fsp3) is 0.714. The van der Waals surface area contributed by atoms with E-state index in [0.29, 0.717) is 6.54 Å². The van der Waals surface area contributed by atoms with Gasteiger partial charge in [-0.1, -0.05) is 6.92 Å². The van der Waals surface area contributed by atoms with E-state index in [-0.39, 0.29) is 6.10 Å². The number of aryl methyl sites for hydroxylation is 2. The third-order valence-electron chi connectivity index (χ3n) is 6.53. The minimum absolute atomic E-state index is 0.234. The number of nitrogens with zero attached hydrogens (tertiary/aromatic N) is 4. The van der Waals surface area contributed by atoms with Crippen molar-refractivity contribution >= 4 is 27.4 Å². The average Bonchev–Trinajstić information content (AvgIpc) is 3.24. The van der Waals surface area contributed by atoms with E-state index in [1.165, 1.54) is 46.3 Å². The zero-order valence-corrected chi connectivity index (χ0v) is 17.1. The van der Waals surface area contributed by atoms with Gasteiger partial charge < -0.3 is 10.0 Å². The molecule has 3 aliphatic rings. The second-order valence-electron chi connectivity index (χ2n) is 8.70. The van der Waals surface area contributed by atoms with Gasteiger partial charge >= 0.3 is 0 Å². The highest BCUT2D eigenvalue weighted by Gasteiger charge is 2.28. The molecule has 5 rings (SSSR count). The van der Waals surface area contributed by atoms with Crippen molar-refractivity contribution in [3.63, 3.8) is 0 Å². The van der Waals surface area contributed by atoms with Gasteiger partial charge in [0.15, 0.2) is 0 Å². The number of likely N-dealkylation sites (tertiary alicyclic amines) is 1. The van der Waals surface area contributed by atoms with Gasteiger partial charge in [-0.3, -0.25) is 4.90 Å². The molecule has 2 aromatic heterocycles. The second kappa shape index (κ2) is 7.30. The predicted octanol–water partition coefficient (Wildman–Crippen LogP) is 3.37. The number of fused-ring (bicyclic) bond motifs is 3. The van der Waals surface area contributed by atoms with Crippen molar-refractivity contribution in [1.29, 1.82) is 0 Å². The summed E-state index contributed by atoms with van der Waals surface area (Å²) in [6, 6.07) is 0. The van der Waals surface area contributed by atoms with Gasteiger partial charge in [-0.15, -0.1) is 11.3 Å². The van der Waals surface area contributed by atoms with Crippen LogP contribution in [0.5, 0.6) is 0 Å². The maximum Gasteiger partial charge on any atom is 0.146 e. The van der Waals surface area contributed by atoms with Crippen LogP contribution in [0.4, 0.5) is 5.82 Å². The molecule has 0 amide bonds. The Kier molecular flexibility index (Phi) is 4.82. The molecule has 0 spiro atoms. The first-order valence-corrected chi connectivity index (χ1v) is 11.5. The van der Waals surface area contributed by atoms with Crippen LogP contribution in [0.3, 0.4) is 0 Å². The third kappa shape index (κ3) is 3.47. The molecule has 6 heteroatoms. The average molecular weight is 387 g/mol. The fourth-order valence-corrected chi connectivity index (χ4v) is 6.16. The molecule has 1 aliphatic carbocycles. The molecule has 4 heterocycles. The first kappa shape index (κ1) is 17.8. The van der Waals surface area contributed by atoms with E-state index < -0.39 is 0 Å². The highest BCUT2D eigenvalue weighted by atomic mass is 32.1. The van der Waals surface area contributed by atoms with E-state index in [1.54, 1.807) is 0 Å². The summed E-state index contributed by atoms with van der Waals surface area (Å²) in [6.45, 7) is 7.22. The number of piperidine rings is 2. The predicted molar refractivity (Wildman–Crippen MR) is 111 cm³/mol. The molecule has 1 atom stereocenters. The zero-order chi connectivity index (χ0) is 18.4. The van der Waals surface area contributed by atoms with Gasteiger partial charge in [0.05, 0.1) is 18.0 Å². The molecule has 0 bridgehead atoms. The van der Waals surface area contributed by atoms with Crippen LogP contribution in [0.15, 0.2) is 0 Å². The number of hydrogen-bond acceptors (Lipinski definition) is 6. The molecule has 2 aromatic rings. The van der Waals surface area contributed by atoms with Gasteiger partial charge in [0.25, 0.3) is 0 Å². The molecule has 0 radical (unpaired) electrons. The Morgan fingerprint density at radius 2 is 1.93 bits per heavy atom. The van der Waals surface area contributed by atoms with Crippen LogP contribution in [0.1, 0.15) is 55.3 Å². The molecule has 0 aromatic carbocycles. The molecule has 0 saturated carbocycles. The Labute approximate surface area is 165 Å². The minimum atomic E-state index is -0.234. The topological polar surface area (TPSA) is 52.5 Å². The molecule has 5 nitrogen and oxygen atoms in total. The van der Waals surface area contributed by atoms with E-state index in [2.05, 4.69) is 16.7 Å². The molecule has 2 aliphatic heterocycles. The van der Waals surface area contributed by atoms with Crippen LogP contribution in [-0.4, -0.2) is 52.3 Å². The van der Waals surface area contributed by atoms with Crippen molar-refractivity contribution in [3.8, 4) is 0 Å². The molecular weight excluding hydrogens is 356 g/mol. The summed E-state index contributed by atoms with van der Waals surface area (Å²) in [5.74, 6) is 2.90. The van der Waals surface area contributed by atoms with E-state index >= 15 is 0 Å². The lowest BCUT2D eigenvalue weighted by molar-refractivity contribution is 0.154. The van der Waals surface area contributed by atoms with Crippen LogP contribution >= 0.6 is 11.3 Å². The van der Waals surface area contributed by atoms with Gasteiger partial charge in [-0.25, -0.2) is 9.97 Å². The Morgan fingerprint density at radius 1 is 1.07 bits per heavy atom. The van der Waals surface area contributed by atoms with Gasteiger partial charge in [0.2, 0.25) is 0 Å². The fourth-order valence-electron chi connectivity index (χ4n) is 4.89. The number of aliphatic hydroxyl groups is 1. The van der Waals surface area contributed by atoms with Crippen LogP contribution in [0.2, 0.25) is 0 Å². The smallest absolute Gasteiger partial charge is 0.146 e. The maximum atomic E-state index is 10.2. The quantitative estimate of drug-likeness (QED) is 0.876. The summed E-state index contributed by atoms with van der Waals surface area (Å²) in [5.41, 5.74) is 1.49. The highest BCUT2D eigenvalue weighted by molar-refractivity contribution is 7.19.